The molecule has 0 aliphatic rings. The molecular weight excluding hydrogens is 230 g/mol. The van der Waals surface area contributed by atoms with Crippen LogP contribution in [0.25, 0.3) is 0 Å². The first-order valence-corrected chi connectivity index (χ1v) is 5.00. The minimum Gasteiger partial charge on any atom is -0.495 e. The SMILES string of the molecule is COc1ccc(Cl)cc1N(C(C)=O)C(C)=O. The van der Waals surface area contributed by atoms with E-state index >= 15 is 0 Å². The summed E-state index contributed by atoms with van der Waals surface area (Å²) in [7, 11) is 1.46. The number of methoxy groups -OCH3 is 1. The summed E-state index contributed by atoms with van der Waals surface area (Å²) in [5, 5.41) is 0.434. The lowest BCUT2D eigenvalue weighted by atomic mass is 10.2. The topological polar surface area (TPSA) is 46.6 Å². The number of hydrogen-bond donors (Lipinski definition) is 0. The molecule has 0 aliphatic carbocycles. The number of imide groups is 1. The van der Waals surface area contributed by atoms with Crippen molar-refractivity contribution in [2.75, 3.05) is 12.0 Å². The number of carbonyl (C=O) groups is 2. The van der Waals surface area contributed by atoms with Crippen LogP contribution in [0.4, 0.5) is 5.69 Å². The number of hydrogen-bond acceptors (Lipinski definition) is 3. The first-order chi connectivity index (χ1) is 7.47. The van der Waals surface area contributed by atoms with Crippen LogP contribution in [0.5, 0.6) is 5.75 Å². The molecule has 2 amide bonds. The van der Waals surface area contributed by atoms with Crippen LogP contribution in [0.1, 0.15) is 13.8 Å². The number of benzene rings is 1. The van der Waals surface area contributed by atoms with Crippen molar-refractivity contribution in [2.24, 2.45) is 0 Å². The molecule has 0 saturated heterocycles. The van der Waals surface area contributed by atoms with Crippen molar-refractivity contribution in [2.45, 2.75) is 13.8 Å². The van der Waals surface area contributed by atoms with E-state index in [2.05, 4.69) is 0 Å². The van der Waals surface area contributed by atoms with Gasteiger partial charge in [0.1, 0.15) is 5.75 Å². The van der Waals surface area contributed by atoms with Crippen LogP contribution in [0.3, 0.4) is 0 Å². The van der Waals surface area contributed by atoms with Crippen LogP contribution in [0.15, 0.2) is 18.2 Å². The fourth-order valence-corrected chi connectivity index (χ4v) is 1.57. The number of rotatable bonds is 2. The monoisotopic (exact) mass is 241 g/mol. The summed E-state index contributed by atoms with van der Waals surface area (Å²) >= 11 is 5.82. The van der Waals surface area contributed by atoms with Crippen LogP contribution >= 0.6 is 11.6 Å². The molecule has 0 heterocycles. The standard InChI is InChI=1S/C11H12ClNO3/c1-7(14)13(8(2)15)10-6-9(12)4-5-11(10)16-3/h4-6H,1-3H3. The Balaban J connectivity index is 3.32. The van der Waals surface area contributed by atoms with Gasteiger partial charge < -0.3 is 4.74 Å². The molecule has 0 radical (unpaired) electrons. The molecule has 1 aromatic carbocycles. The van der Waals surface area contributed by atoms with Crippen LogP contribution in [-0.2, 0) is 9.59 Å². The Morgan fingerprint density at radius 1 is 1.25 bits per heavy atom. The Labute approximate surface area is 98.8 Å². The fraction of sp³-hybridized carbons (Fsp3) is 0.273. The van der Waals surface area contributed by atoms with Crippen molar-refractivity contribution in [1.82, 2.24) is 0 Å². The van der Waals surface area contributed by atoms with Gasteiger partial charge in [-0.1, -0.05) is 11.6 Å². The molecule has 86 valence electrons. The lowest BCUT2D eigenvalue weighted by Crippen LogP contribution is -2.33. The number of halogens is 1. The molecule has 0 unspecified atom stereocenters. The van der Waals surface area contributed by atoms with Gasteiger partial charge >= 0.3 is 0 Å². The highest BCUT2D eigenvalue weighted by Crippen LogP contribution is 2.31. The van der Waals surface area contributed by atoms with Gasteiger partial charge in [0.25, 0.3) is 0 Å². The van der Waals surface area contributed by atoms with Crippen molar-refractivity contribution in [3.8, 4) is 5.75 Å². The van der Waals surface area contributed by atoms with Gasteiger partial charge in [-0.25, -0.2) is 4.90 Å². The van der Waals surface area contributed by atoms with Gasteiger partial charge in [0.2, 0.25) is 11.8 Å². The quantitative estimate of drug-likeness (QED) is 0.798. The lowest BCUT2D eigenvalue weighted by Gasteiger charge is -2.19. The Morgan fingerprint density at radius 3 is 2.25 bits per heavy atom. The van der Waals surface area contributed by atoms with E-state index in [4.69, 9.17) is 16.3 Å². The Kier molecular flexibility index (Phi) is 3.90. The summed E-state index contributed by atoms with van der Waals surface area (Å²) in [4.78, 5) is 23.8. The molecule has 16 heavy (non-hydrogen) atoms. The minimum absolute atomic E-state index is 0.356. The van der Waals surface area contributed by atoms with E-state index in [0.29, 0.717) is 16.5 Å². The van der Waals surface area contributed by atoms with Gasteiger partial charge in [0, 0.05) is 18.9 Å². The highest BCUT2D eigenvalue weighted by atomic mass is 35.5. The van der Waals surface area contributed by atoms with Crippen molar-refractivity contribution in [3.05, 3.63) is 23.2 Å². The third-order valence-electron chi connectivity index (χ3n) is 2.01. The second-order valence-corrected chi connectivity index (χ2v) is 3.63. The molecule has 0 aromatic heterocycles. The summed E-state index contributed by atoms with van der Waals surface area (Å²) < 4.78 is 5.08. The number of amides is 2. The highest BCUT2D eigenvalue weighted by molar-refractivity contribution is 6.31. The molecule has 0 N–H and O–H groups in total. The largest absolute Gasteiger partial charge is 0.495 e. The third kappa shape index (κ3) is 2.52. The number of anilines is 1. The van der Waals surface area contributed by atoms with Gasteiger partial charge in [0.05, 0.1) is 12.8 Å². The lowest BCUT2D eigenvalue weighted by molar-refractivity contribution is -0.124. The first kappa shape index (κ1) is 12.5. The van der Waals surface area contributed by atoms with E-state index in [0.717, 1.165) is 4.90 Å². The van der Waals surface area contributed by atoms with Crippen molar-refractivity contribution < 1.29 is 14.3 Å². The van der Waals surface area contributed by atoms with E-state index < -0.39 is 0 Å². The van der Waals surface area contributed by atoms with E-state index in [-0.39, 0.29) is 11.8 Å². The summed E-state index contributed by atoms with van der Waals surface area (Å²) in [6, 6.07) is 4.75. The maximum absolute atomic E-state index is 11.4. The maximum atomic E-state index is 11.4. The molecule has 0 saturated carbocycles. The molecular formula is C11H12ClNO3. The molecule has 0 aliphatic heterocycles. The summed E-state index contributed by atoms with van der Waals surface area (Å²) in [5.41, 5.74) is 0.356. The zero-order valence-electron chi connectivity index (χ0n) is 9.28. The average Bonchev–Trinajstić information content (AvgIpc) is 2.17. The number of carbonyl (C=O) groups excluding carboxylic acids is 2. The van der Waals surface area contributed by atoms with E-state index in [9.17, 15) is 9.59 Å². The fourth-order valence-electron chi connectivity index (χ4n) is 1.40. The molecule has 5 heteroatoms. The van der Waals surface area contributed by atoms with Crippen LogP contribution < -0.4 is 9.64 Å². The third-order valence-corrected chi connectivity index (χ3v) is 2.25. The summed E-state index contributed by atoms with van der Waals surface area (Å²) in [5.74, 6) is -0.337. The smallest absolute Gasteiger partial charge is 0.230 e. The Bertz CT molecular complexity index is 417. The molecule has 1 rings (SSSR count). The van der Waals surface area contributed by atoms with Gasteiger partial charge in [-0.05, 0) is 18.2 Å². The molecule has 0 fully saturated rings. The van der Waals surface area contributed by atoms with Crippen molar-refractivity contribution in [1.29, 1.82) is 0 Å². The minimum atomic E-state index is -0.381. The predicted octanol–water partition coefficient (Wildman–Crippen LogP) is 2.25. The maximum Gasteiger partial charge on any atom is 0.230 e. The second-order valence-electron chi connectivity index (χ2n) is 3.19. The van der Waals surface area contributed by atoms with Gasteiger partial charge in [0.15, 0.2) is 0 Å². The zero-order valence-corrected chi connectivity index (χ0v) is 10.0. The number of ether oxygens (including phenoxy) is 1. The first-order valence-electron chi connectivity index (χ1n) is 4.62. The van der Waals surface area contributed by atoms with Crippen LogP contribution in [0.2, 0.25) is 5.02 Å². The molecule has 4 nitrogen and oxygen atoms in total. The second kappa shape index (κ2) is 4.99. The van der Waals surface area contributed by atoms with Crippen molar-refractivity contribution in [3.63, 3.8) is 0 Å². The number of nitrogens with zero attached hydrogens (tertiary/aromatic N) is 1. The highest BCUT2D eigenvalue weighted by Gasteiger charge is 2.20. The van der Waals surface area contributed by atoms with Crippen LogP contribution in [0, 0.1) is 0 Å². The average molecular weight is 242 g/mol. The van der Waals surface area contributed by atoms with Crippen LogP contribution in [-0.4, -0.2) is 18.9 Å². The molecule has 1 aromatic rings. The van der Waals surface area contributed by atoms with E-state index in [1.165, 1.54) is 27.0 Å². The molecule has 0 atom stereocenters. The summed E-state index contributed by atoms with van der Waals surface area (Å²) in [6.45, 7) is 2.61. The normalized spacial score (nSPS) is 9.75. The van der Waals surface area contributed by atoms with Gasteiger partial charge in [-0.2, -0.15) is 0 Å². The van der Waals surface area contributed by atoms with Gasteiger partial charge in [-0.15, -0.1) is 0 Å². The van der Waals surface area contributed by atoms with E-state index in [1.807, 2.05) is 0 Å². The predicted molar refractivity (Wildman–Crippen MR) is 61.8 cm³/mol. The molecule has 0 bridgehead atoms. The van der Waals surface area contributed by atoms with E-state index in [1.54, 1.807) is 12.1 Å². The molecule has 0 spiro atoms. The van der Waals surface area contributed by atoms with Crippen molar-refractivity contribution >= 4 is 29.1 Å². The Morgan fingerprint density at radius 2 is 1.81 bits per heavy atom. The zero-order chi connectivity index (χ0) is 12.3. The Hall–Kier alpha value is -1.55. The van der Waals surface area contributed by atoms with Gasteiger partial charge in [-0.3, -0.25) is 9.59 Å². The summed E-state index contributed by atoms with van der Waals surface area (Å²) in [6.07, 6.45) is 0.